The molecule has 0 bridgehead atoms. The summed E-state index contributed by atoms with van der Waals surface area (Å²) in [5, 5.41) is 4.61. The number of fused-ring (bicyclic) bond motifs is 3. The third-order valence-electron chi connectivity index (χ3n) is 4.67. The Morgan fingerprint density at radius 3 is 2.80 bits per heavy atom. The Bertz CT molecular complexity index is 967. The molecule has 1 aliphatic heterocycles. The number of carbonyl (C=O) groups is 1. The van der Waals surface area contributed by atoms with Crippen molar-refractivity contribution in [3.63, 3.8) is 0 Å². The van der Waals surface area contributed by atoms with Gasteiger partial charge in [-0.2, -0.15) is 0 Å². The lowest BCUT2D eigenvalue weighted by molar-refractivity contribution is -0.143. The van der Waals surface area contributed by atoms with Crippen molar-refractivity contribution in [2.45, 2.75) is 18.5 Å². The molecule has 3 aromatic rings. The van der Waals surface area contributed by atoms with Crippen LogP contribution in [0.1, 0.15) is 22.9 Å². The summed E-state index contributed by atoms with van der Waals surface area (Å²) in [4.78, 5) is 15.8. The maximum Gasteiger partial charge on any atom is 0.323 e. The zero-order chi connectivity index (χ0) is 17.6. The monoisotopic (exact) mass is 462 g/mol. The number of esters is 1. The van der Waals surface area contributed by atoms with E-state index in [0.717, 1.165) is 31.1 Å². The summed E-state index contributed by atoms with van der Waals surface area (Å²) < 4.78 is 6.98. The molecule has 6 heteroatoms. The Balaban J connectivity index is 1.91. The molecule has 2 N–H and O–H groups in total. The van der Waals surface area contributed by atoms with E-state index in [1.165, 1.54) is 12.7 Å². The van der Waals surface area contributed by atoms with Crippen LogP contribution in [0.15, 0.2) is 51.4 Å². The quantitative estimate of drug-likeness (QED) is 0.551. The van der Waals surface area contributed by atoms with Crippen molar-refractivity contribution < 1.29 is 9.53 Å². The first-order chi connectivity index (χ1) is 12.1. The van der Waals surface area contributed by atoms with Crippen LogP contribution in [0.2, 0.25) is 0 Å². The summed E-state index contributed by atoms with van der Waals surface area (Å²) in [6, 6.07) is 13.7. The highest BCUT2D eigenvalue weighted by Crippen LogP contribution is 2.38. The summed E-state index contributed by atoms with van der Waals surface area (Å²) >= 11 is 7.19. The van der Waals surface area contributed by atoms with Gasteiger partial charge in [-0.3, -0.25) is 10.1 Å². The van der Waals surface area contributed by atoms with E-state index in [1.807, 2.05) is 24.3 Å². The highest BCUT2D eigenvalue weighted by Gasteiger charge is 2.35. The predicted molar refractivity (Wildman–Crippen MR) is 105 cm³/mol. The van der Waals surface area contributed by atoms with Gasteiger partial charge in [0, 0.05) is 32.0 Å². The van der Waals surface area contributed by atoms with Crippen LogP contribution < -0.4 is 5.32 Å². The number of hydrogen-bond acceptors (Lipinski definition) is 3. The smallest absolute Gasteiger partial charge is 0.323 e. The Hall–Kier alpha value is -1.63. The number of nitrogens with one attached hydrogen (secondary N) is 2. The molecular formula is C19H16Br2N2O2. The largest absolute Gasteiger partial charge is 0.468 e. The summed E-state index contributed by atoms with van der Waals surface area (Å²) in [7, 11) is 1.43. The van der Waals surface area contributed by atoms with Crippen molar-refractivity contribution in [1.29, 1.82) is 0 Å². The van der Waals surface area contributed by atoms with Gasteiger partial charge in [0.1, 0.15) is 6.04 Å². The Morgan fingerprint density at radius 2 is 2.00 bits per heavy atom. The molecule has 1 aliphatic rings. The fraction of sp³-hybridized carbons (Fsp3) is 0.211. The molecular weight excluding hydrogens is 448 g/mol. The van der Waals surface area contributed by atoms with E-state index in [0.29, 0.717) is 6.42 Å². The van der Waals surface area contributed by atoms with Crippen LogP contribution in [0.25, 0.3) is 10.9 Å². The van der Waals surface area contributed by atoms with E-state index in [1.54, 1.807) is 0 Å². The van der Waals surface area contributed by atoms with E-state index < -0.39 is 0 Å². The van der Waals surface area contributed by atoms with Gasteiger partial charge in [0.15, 0.2) is 0 Å². The molecule has 128 valence electrons. The topological polar surface area (TPSA) is 54.1 Å². The zero-order valence-corrected chi connectivity index (χ0v) is 16.6. The van der Waals surface area contributed by atoms with Crippen LogP contribution in [0, 0.1) is 0 Å². The second-order valence-electron chi connectivity index (χ2n) is 6.11. The molecule has 0 saturated carbocycles. The summed E-state index contributed by atoms with van der Waals surface area (Å²) in [5.74, 6) is -0.243. The van der Waals surface area contributed by atoms with Crippen molar-refractivity contribution in [3.05, 3.63) is 68.2 Å². The van der Waals surface area contributed by atoms with E-state index >= 15 is 0 Å². The summed E-state index contributed by atoms with van der Waals surface area (Å²) in [6.07, 6.45) is 0.605. The number of para-hydroxylation sites is 1. The van der Waals surface area contributed by atoms with Crippen molar-refractivity contribution in [2.75, 3.05) is 7.11 Å². The standard InChI is InChI=1S/C19H16Br2N2O2/c1-25-19(24)16-9-12-11-4-2-3-5-15(11)22-17(12)18(23-16)13-8-10(20)6-7-14(13)21/h2-8,16,18,22-23H,9H2,1H3. The average Bonchev–Trinajstić information content (AvgIpc) is 3.01. The Kier molecular flexibility index (Phi) is 4.43. The van der Waals surface area contributed by atoms with Crippen molar-refractivity contribution in [2.24, 2.45) is 0 Å². The lowest BCUT2D eigenvalue weighted by Crippen LogP contribution is -2.45. The van der Waals surface area contributed by atoms with Crippen LogP contribution in [0.3, 0.4) is 0 Å². The van der Waals surface area contributed by atoms with E-state index in [2.05, 4.69) is 60.4 Å². The molecule has 0 amide bonds. The minimum absolute atomic E-state index is 0.132. The summed E-state index contributed by atoms with van der Waals surface area (Å²) in [6.45, 7) is 0. The van der Waals surface area contributed by atoms with Gasteiger partial charge in [-0.15, -0.1) is 0 Å². The number of hydrogen-bond donors (Lipinski definition) is 2. The molecule has 25 heavy (non-hydrogen) atoms. The van der Waals surface area contributed by atoms with Gasteiger partial charge in [-0.05, 0) is 35.4 Å². The zero-order valence-electron chi connectivity index (χ0n) is 13.5. The highest BCUT2D eigenvalue weighted by atomic mass is 79.9. The number of ether oxygens (including phenoxy) is 1. The maximum atomic E-state index is 12.2. The van der Waals surface area contributed by atoms with Gasteiger partial charge < -0.3 is 9.72 Å². The van der Waals surface area contributed by atoms with E-state index in [4.69, 9.17) is 4.74 Å². The second kappa shape index (κ2) is 6.59. The number of aromatic amines is 1. The number of aromatic nitrogens is 1. The molecule has 2 heterocycles. The van der Waals surface area contributed by atoms with Crippen LogP contribution >= 0.6 is 31.9 Å². The van der Waals surface area contributed by atoms with Gasteiger partial charge in [0.25, 0.3) is 0 Å². The number of methoxy groups -OCH3 is 1. The molecule has 1 aromatic heterocycles. The van der Waals surface area contributed by atoms with Gasteiger partial charge >= 0.3 is 5.97 Å². The van der Waals surface area contributed by atoms with Gasteiger partial charge in [-0.1, -0.05) is 50.1 Å². The lowest BCUT2D eigenvalue weighted by atomic mass is 9.90. The molecule has 0 aliphatic carbocycles. The molecule has 0 saturated heterocycles. The fourth-order valence-electron chi connectivity index (χ4n) is 3.51. The predicted octanol–water partition coefficient (Wildman–Crippen LogP) is 4.47. The first-order valence-electron chi connectivity index (χ1n) is 7.97. The molecule has 0 radical (unpaired) electrons. The first kappa shape index (κ1) is 16.8. The maximum absolute atomic E-state index is 12.2. The van der Waals surface area contributed by atoms with Crippen LogP contribution in [-0.2, 0) is 16.0 Å². The number of rotatable bonds is 2. The second-order valence-corrected chi connectivity index (χ2v) is 7.88. The van der Waals surface area contributed by atoms with Crippen molar-refractivity contribution in [1.82, 2.24) is 10.3 Å². The fourth-order valence-corrected chi connectivity index (χ4v) is 4.36. The lowest BCUT2D eigenvalue weighted by Gasteiger charge is -2.31. The molecule has 4 rings (SSSR count). The number of halogens is 2. The first-order valence-corrected chi connectivity index (χ1v) is 9.55. The molecule has 0 spiro atoms. The van der Waals surface area contributed by atoms with Gasteiger partial charge in [-0.25, -0.2) is 0 Å². The van der Waals surface area contributed by atoms with Crippen LogP contribution in [0.5, 0.6) is 0 Å². The van der Waals surface area contributed by atoms with Crippen LogP contribution in [0.4, 0.5) is 0 Å². The normalized spacial score (nSPS) is 19.6. The highest BCUT2D eigenvalue weighted by molar-refractivity contribution is 9.11. The molecule has 2 aromatic carbocycles. The minimum Gasteiger partial charge on any atom is -0.468 e. The molecule has 4 nitrogen and oxygen atoms in total. The number of benzene rings is 2. The van der Waals surface area contributed by atoms with E-state index in [-0.39, 0.29) is 18.1 Å². The SMILES string of the molecule is COC(=O)C1Cc2c([nH]c3ccccc23)C(c2cc(Br)ccc2Br)N1. The van der Waals surface area contributed by atoms with Crippen molar-refractivity contribution >= 4 is 48.7 Å². The molecule has 2 atom stereocenters. The Labute approximate surface area is 162 Å². The third kappa shape index (κ3) is 2.92. The van der Waals surface area contributed by atoms with E-state index in [9.17, 15) is 4.79 Å². The van der Waals surface area contributed by atoms with Crippen molar-refractivity contribution in [3.8, 4) is 0 Å². The molecule has 0 fully saturated rings. The van der Waals surface area contributed by atoms with Gasteiger partial charge in [0.05, 0.1) is 13.2 Å². The molecule has 2 unspecified atom stereocenters. The number of carbonyl (C=O) groups excluding carboxylic acids is 1. The summed E-state index contributed by atoms with van der Waals surface area (Å²) in [5.41, 5.74) is 4.41. The van der Waals surface area contributed by atoms with Gasteiger partial charge in [0.2, 0.25) is 0 Å². The average molecular weight is 464 g/mol. The minimum atomic E-state index is -0.382. The van der Waals surface area contributed by atoms with Crippen LogP contribution in [-0.4, -0.2) is 24.1 Å². The third-order valence-corrected chi connectivity index (χ3v) is 5.88. The number of H-pyrrole nitrogens is 1. The Morgan fingerprint density at radius 1 is 1.20 bits per heavy atom.